The van der Waals surface area contributed by atoms with Crippen molar-refractivity contribution in [1.29, 1.82) is 0 Å². The number of hydrogen-bond donors (Lipinski definition) is 3. The number of aliphatic hydroxyl groups excluding tert-OH is 1. The van der Waals surface area contributed by atoms with E-state index in [1.165, 1.54) is 7.11 Å². The molecule has 266 valence electrons. The molecule has 2 fully saturated rings. The van der Waals surface area contributed by atoms with Gasteiger partial charge in [0, 0.05) is 42.4 Å². The van der Waals surface area contributed by atoms with Crippen LogP contribution in [-0.4, -0.2) is 73.3 Å². The minimum atomic E-state index is -1.18. The van der Waals surface area contributed by atoms with Crippen LogP contribution in [0.5, 0.6) is 17.2 Å². The summed E-state index contributed by atoms with van der Waals surface area (Å²) in [5.74, 6) is -0.558. The maximum absolute atomic E-state index is 13.5. The molecule has 11 nitrogen and oxygen atoms in total. The largest absolute Gasteiger partial charge is 0.496 e. The number of carbonyl (C=O) groups is 3. The van der Waals surface area contributed by atoms with Gasteiger partial charge in [0.2, 0.25) is 5.76 Å². The number of nitrogens with one attached hydrogen (secondary N) is 1. The first kappa shape index (κ1) is 33.6. The quantitative estimate of drug-likeness (QED) is 0.224. The second-order valence-electron chi connectivity index (χ2n) is 14.1. The highest BCUT2D eigenvalue weighted by Gasteiger charge is 2.53. The maximum Gasteiger partial charge on any atom is 0.375 e. The number of aliphatic hydroxyl groups is 2. The zero-order chi connectivity index (χ0) is 35.4. The van der Waals surface area contributed by atoms with Crippen molar-refractivity contribution >= 4 is 29.7 Å². The summed E-state index contributed by atoms with van der Waals surface area (Å²) in [4.78, 5) is 44.6. The number of fused-ring (bicyclic) bond motifs is 4. The summed E-state index contributed by atoms with van der Waals surface area (Å²) in [5.41, 5.74) is 2.24. The number of ether oxygens (including phenoxy) is 4. The number of nitrogens with zero attached hydrogens (tertiary/aromatic N) is 1. The third-order valence-corrected chi connectivity index (χ3v) is 11.6. The molecule has 0 aromatic heterocycles. The number of ketones is 1. The highest BCUT2D eigenvalue weighted by Crippen LogP contribution is 2.57. The minimum absolute atomic E-state index is 0.00339. The highest BCUT2D eigenvalue weighted by molar-refractivity contribution is 6.11. The van der Waals surface area contributed by atoms with Crippen molar-refractivity contribution in [3.63, 3.8) is 0 Å². The Morgan fingerprint density at radius 1 is 1.22 bits per heavy atom. The average molecular weight is 695 g/mol. The van der Waals surface area contributed by atoms with Gasteiger partial charge in [-0.25, -0.2) is 4.79 Å². The summed E-state index contributed by atoms with van der Waals surface area (Å²) in [6, 6.07) is 5.87. The topological polar surface area (TPSA) is 153 Å². The molecule has 6 aliphatic rings. The Morgan fingerprint density at radius 3 is 2.86 bits per heavy atom. The number of methoxy groups -OCH3 is 1. The van der Waals surface area contributed by atoms with Crippen molar-refractivity contribution in [2.45, 2.75) is 69.7 Å². The van der Waals surface area contributed by atoms with Crippen molar-refractivity contribution in [2.24, 2.45) is 16.8 Å². The van der Waals surface area contributed by atoms with Crippen LogP contribution in [0.4, 0.5) is 0 Å². The van der Waals surface area contributed by atoms with E-state index in [-0.39, 0.29) is 53.3 Å². The lowest BCUT2D eigenvalue weighted by Gasteiger charge is -2.47. The summed E-state index contributed by atoms with van der Waals surface area (Å²) in [6.07, 6.45) is 8.54. The van der Waals surface area contributed by atoms with Crippen molar-refractivity contribution < 1.29 is 43.5 Å². The molecule has 5 unspecified atom stereocenters. The van der Waals surface area contributed by atoms with Gasteiger partial charge in [0.15, 0.2) is 6.29 Å². The molecule has 0 amide bonds. The fourth-order valence-corrected chi connectivity index (χ4v) is 9.15. The summed E-state index contributed by atoms with van der Waals surface area (Å²) in [7, 11) is 1.52. The van der Waals surface area contributed by atoms with Crippen molar-refractivity contribution in [3.05, 3.63) is 80.1 Å². The lowest BCUT2D eigenvalue weighted by molar-refractivity contribution is -0.141. The molecule has 0 bridgehead atoms. The predicted octanol–water partition coefficient (Wildman–Crippen LogP) is 2.52. The van der Waals surface area contributed by atoms with E-state index >= 15 is 0 Å². The van der Waals surface area contributed by atoms with E-state index in [0.29, 0.717) is 66.7 Å². The van der Waals surface area contributed by atoms with Gasteiger partial charge in [-0.15, -0.1) is 0 Å². The molecule has 4 heterocycles. The Morgan fingerprint density at radius 2 is 2.08 bits per heavy atom. The molecule has 0 spiro atoms. The van der Waals surface area contributed by atoms with Gasteiger partial charge < -0.3 is 34.5 Å². The van der Waals surface area contributed by atoms with Crippen LogP contribution in [0.2, 0.25) is 0 Å². The fraction of sp³-hybridized carbons (Fsp3) is 0.450. The SMILES string of the molecule is CCOC(=O)C1=C(C=O)C(=C2CCC(=O)C(c3ccc4c(c3)=CCN=4)C2)c2c(OC)c3c(c(CO)c2O1)OC(C1(O)CC=CC2CNCCC21)C3. The molecule has 8 rings (SSSR count). The second-order valence-corrected chi connectivity index (χ2v) is 14.1. The van der Waals surface area contributed by atoms with Crippen molar-refractivity contribution in [3.8, 4) is 17.2 Å². The number of allylic oxidation sites excluding steroid dienone is 3. The van der Waals surface area contributed by atoms with Crippen LogP contribution in [0.15, 0.2) is 52.2 Å². The molecular formula is C40H42N2O9. The Balaban J connectivity index is 1.30. The Kier molecular flexibility index (Phi) is 8.68. The Hall–Kier alpha value is -4.58. The third kappa shape index (κ3) is 5.36. The first-order valence-electron chi connectivity index (χ1n) is 17.9. The zero-order valence-electron chi connectivity index (χ0n) is 28.8. The van der Waals surface area contributed by atoms with E-state index in [1.807, 2.05) is 30.4 Å². The summed E-state index contributed by atoms with van der Waals surface area (Å²) in [5, 5.41) is 28.6. The van der Waals surface area contributed by atoms with Crippen LogP contribution in [0.1, 0.15) is 67.2 Å². The number of esters is 1. The summed E-state index contributed by atoms with van der Waals surface area (Å²) >= 11 is 0. The molecule has 51 heavy (non-hydrogen) atoms. The number of Topliss-reactive ketones (excluding diaryl/α,β-unsaturated/α-hetero) is 1. The molecular weight excluding hydrogens is 652 g/mol. The lowest BCUT2D eigenvalue weighted by Crippen LogP contribution is -2.57. The Bertz CT molecular complexity index is 2060. The van der Waals surface area contributed by atoms with Gasteiger partial charge in [-0.1, -0.05) is 29.9 Å². The van der Waals surface area contributed by atoms with Crippen LogP contribution in [-0.2, 0) is 32.1 Å². The van der Waals surface area contributed by atoms with Crippen LogP contribution in [0, 0.1) is 11.8 Å². The fourth-order valence-electron chi connectivity index (χ4n) is 9.15. The van der Waals surface area contributed by atoms with Gasteiger partial charge in [0.05, 0.1) is 48.9 Å². The molecule has 3 N–H and O–H groups in total. The standard InChI is InChI=1S/C40H42N2O9/c1-3-49-39(46)38-27(19-43)33(23-7-9-31(45)25(16-23)21-6-8-30-22(15-21)10-14-42-30)34-36(48-2)26-17-32(50-35(26)28(20-44)37(34)51-38)40(47)12-4-5-24-18-41-13-11-29(24)40/h4-6,8,10,15,19,24-25,29,32,41,44,47H,3,7,9,11-14,16-18,20H2,1-2H3. The van der Waals surface area contributed by atoms with Crippen LogP contribution >= 0.6 is 0 Å². The molecule has 2 aliphatic carbocycles. The monoisotopic (exact) mass is 694 g/mol. The summed E-state index contributed by atoms with van der Waals surface area (Å²) < 4.78 is 24.4. The zero-order valence-corrected chi connectivity index (χ0v) is 28.8. The normalized spacial score (nSPS) is 29.1. The number of benzene rings is 2. The van der Waals surface area contributed by atoms with Crippen LogP contribution in [0.25, 0.3) is 11.6 Å². The van der Waals surface area contributed by atoms with E-state index in [4.69, 9.17) is 18.9 Å². The van der Waals surface area contributed by atoms with Gasteiger partial charge in [-0.3, -0.25) is 14.6 Å². The van der Waals surface area contributed by atoms with Gasteiger partial charge in [-0.2, -0.15) is 0 Å². The van der Waals surface area contributed by atoms with Crippen LogP contribution < -0.4 is 30.1 Å². The second kappa shape index (κ2) is 13.2. The minimum Gasteiger partial charge on any atom is -0.496 e. The number of hydrogen-bond acceptors (Lipinski definition) is 11. The van der Waals surface area contributed by atoms with Gasteiger partial charge in [0.25, 0.3) is 0 Å². The van der Waals surface area contributed by atoms with E-state index in [1.54, 1.807) is 6.92 Å². The average Bonchev–Trinajstić information content (AvgIpc) is 3.81. The maximum atomic E-state index is 13.5. The number of piperidine rings is 1. The molecule has 11 heteroatoms. The molecule has 2 aromatic rings. The Labute approximate surface area is 295 Å². The number of rotatable bonds is 7. The smallest absolute Gasteiger partial charge is 0.375 e. The first-order chi connectivity index (χ1) is 24.8. The van der Waals surface area contributed by atoms with E-state index in [2.05, 4.69) is 16.4 Å². The van der Waals surface area contributed by atoms with Crippen molar-refractivity contribution in [2.75, 3.05) is 33.4 Å². The molecule has 5 atom stereocenters. The predicted molar refractivity (Wildman–Crippen MR) is 186 cm³/mol. The van der Waals surface area contributed by atoms with E-state index in [0.717, 1.165) is 41.2 Å². The molecule has 2 aromatic carbocycles. The third-order valence-electron chi connectivity index (χ3n) is 11.6. The van der Waals surface area contributed by atoms with Gasteiger partial charge in [0.1, 0.15) is 34.7 Å². The lowest BCUT2D eigenvalue weighted by atomic mass is 9.66. The van der Waals surface area contributed by atoms with Crippen LogP contribution in [0.3, 0.4) is 0 Å². The number of carbonyl (C=O) groups excluding carboxylic acids is 3. The molecule has 4 aliphatic heterocycles. The number of aldehydes is 1. The van der Waals surface area contributed by atoms with Gasteiger partial charge >= 0.3 is 5.97 Å². The summed E-state index contributed by atoms with van der Waals surface area (Å²) in [6.45, 7) is 3.36. The highest BCUT2D eigenvalue weighted by atomic mass is 16.6. The van der Waals surface area contributed by atoms with E-state index < -0.39 is 30.2 Å². The van der Waals surface area contributed by atoms with Gasteiger partial charge in [-0.05, 0) is 68.0 Å². The van der Waals surface area contributed by atoms with E-state index in [9.17, 15) is 24.6 Å². The molecule has 1 saturated heterocycles. The molecule has 0 radical (unpaired) electrons. The van der Waals surface area contributed by atoms with Crippen molar-refractivity contribution in [1.82, 2.24) is 5.32 Å². The first-order valence-corrected chi connectivity index (χ1v) is 17.9. The molecule has 1 saturated carbocycles.